The van der Waals surface area contributed by atoms with Gasteiger partial charge in [-0.2, -0.15) is 4.98 Å². The number of rotatable bonds is 7. The minimum absolute atomic E-state index is 0.154. The first-order valence-corrected chi connectivity index (χ1v) is 14.4. The second-order valence-electron chi connectivity index (χ2n) is 11.0. The molecule has 1 aromatic heterocycles. The molecule has 7 heteroatoms. The third-order valence-electron chi connectivity index (χ3n) is 8.13. The summed E-state index contributed by atoms with van der Waals surface area (Å²) in [6, 6.07) is 22.4. The van der Waals surface area contributed by atoms with Gasteiger partial charge in [0, 0.05) is 44.7 Å². The van der Waals surface area contributed by atoms with E-state index in [1.165, 1.54) is 24.0 Å². The highest BCUT2D eigenvalue weighted by atomic mass is 16.5. The lowest BCUT2D eigenvalue weighted by atomic mass is 10.1. The van der Waals surface area contributed by atoms with Crippen molar-refractivity contribution in [3.8, 4) is 5.75 Å². The van der Waals surface area contributed by atoms with Gasteiger partial charge in [-0.1, -0.05) is 42.5 Å². The Labute approximate surface area is 236 Å². The van der Waals surface area contributed by atoms with Gasteiger partial charge in [-0.25, -0.2) is 4.98 Å². The largest absolute Gasteiger partial charge is 0.489 e. The number of aryl methyl sites for hydroxylation is 2. The number of benzene rings is 3. The van der Waals surface area contributed by atoms with Crippen LogP contribution >= 0.6 is 0 Å². The van der Waals surface area contributed by atoms with Crippen LogP contribution in [-0.4, -0.2) is 60.0 Å². The normalized spacial score (nSPS) is 15.6. The van der Waals surface area contributed by atoms with Gasteiger partial charge in [-0.3, -0.25) is 4.79 Å². The van der Waals surface area contributed by atoms with Crippen LogP contribution in [0, 0.1) is 13.8 Å². The van der Waals surface area contributed by atoms with Crippen LogP contribution in [0.4, 0.5) is 11.8 Å². The average molecular weight is 536 g/mol. The number of piperazine rings is 1. The molecule has 2 fully saturated rings. The Morgan fingerprint density at radius 1 is 0.775 bits per heavy atom. The molecule has 3 heterocycles. The highest BCUT2D eigenvalue weighted by molar-refractivity contribution is 5.92. The van der Waals surface area contributed by atoms with Crippen LogP contribution in [0.2, 0.25) is 0 Å². The van der Waals surface area contributed by atoms with E-state index in [4.69, 9.17) is 14.7 Å². The van der Waals surface area contributed by atoms with E-state index in [1.54, 1.807) is 0 Å². The molecule has 7 nitrogen and oxygen atoms in total. The zero-order valence-corrected chi connectivity index (χ0v) is 23.5. The number of carbonyl (C=O) groups excluding carboxylic acids is 1. The zero-order chi connectivity index (χ0) is 27.5. The van der Waals surface area contributed by atoms with Crippen molar-refractivity contribution in [3.05, 3.63) is 89.0 Å². The Bertz CT molecular complexity index is 1470. The van der Waals surface area contributed by atoms with Gasteiger partial charge in [0.15, 0.2) is 0 Å². The van der Waals surface area contributed by atoms with Crippen molar-refractivity contribution < 1.29 is 9.53 Å². The Kier molecular flexibility index (Phi) is 7.53. The van der Waals surface area contributed by atoms with Gasteiger partial charge in [0.1, 0.15) is 18.2 Å². The van der Waals surface area contributed by atoms with E-state index in [9.17, 15) is 4.79 Å². The summed E-state index contributed by atoms with van der Waals surface area (Å²) in [7, 11) is 0. The van der Waals surface area contributed by atoms with Gasteiger partial charge in [-0.05, 0) is 73.2 Å². The molecule has 0 bridgehead atoms. The molecule has 0 radical (unpaired) electrons. The second kappa shape index (κ2) is 11.5. The summed E-state index contributed by atoms with van der Waals surface area (Å²) >= 11 is 0. The molecule has 6 rings (SSSR count). The molecule has 0 saturated carbocycles. The van der Waals surface area contributed by atoms with Crippen LogP contribution in [0.1, 0.15) is 35.1 Å². The van der Waals surface area contributed by atoms with Crippen LogP contribution in [0.3, 0.4) is 0 Å². The van der Waals surface area contributed by atoms with Crippen LogP contribution in [-0.2, 0) is 17.8 Å². The monoisotopic (exact) mass is 535 g/mol. The molecule has 0 unspecified atom stereocenters. The SMILES string of the molecule is Cc1cc2nc(N3CCN(C(=O)Cc4ccc(OCc5ccccc5)cc4)CC3)nc(N3CCCC3)c2cc1C. The minimum atomic E-state index is 0.154. The number of hydrogen-bond acceptors (Lipinski definition) is 6. The summed E-state index contributed by atoms with van der Waals surface area (Å²) in [5, 5.41) is 1.14. The highest BCUT2D eigenvalue weighted by Crippen LogP contribution is 2.31. The molecular formula is C33H37N5O2. The van der Waals surface area contributed by atoms with Crippen LogP contribution < -0.4 is 14.5 Å². The van der Waals surface area contributed by atoms with Crippen LogP contribution in [0.15, 0.2) is 66.7 Å². The van der Waals surface area contributed by atoms with Gasteiger partial charge in [-0.15, -0.1) is 0 Å². The number of anilines is 2. The molecule has 4 aromatic rings. The molecule has 0 spiro atoms. The summed E-state index contributed by atoms with van der Waals surface area (Å²) in [6.45, 7) is 9.71. The topological polar surface area (TPSA) is 61.8 Å². The summed E-state index contributed by atoms with van der Waals surface area (Å²) in [5.74, 6) is 2.79. The van der Waals surface area contributed by atoms with E-state index in [0.29, 0.717) is 26.1 Å². The number of ether oxygens (including phenoxy) is 1. The van der Waals surface area contributed by atoms with Gasteiger partial charge in [0.2, 0.25) is 11.9 Å². The first-order chi connectivity index (χ1) is 19.5. The smallest absolute Gasteiger partial charge is 0.228 e. The predicted molar refractivity (Wildman–Crippen MR) is 160 cm³/mol. The minimum Gasteiger partial charge on any atom is -0.489 e. The fraction of sp³-hybridized carbons (Fsp3) is 0.364. The van der Waals surface area contributed by atoms with Crippen molar-refractivity contribution in [1.29, 1.82) is 0 Å². The summed E-state index contributed by atoms with van der Waals surface area (Å²) in [4.78, 5) is 29.8. The fourth-order valence-corrected chi connectivity index (χ4v) is 5.56. The molecule has 0 aliphatic carbocycles. The molecule has 0 N–H and O–H groups in total. The number of fused-ring (bicyclic) bond motifs is 1. The standard InChI is InChI=1S/C33H37N5O2/c1-24-20-29-30(21-25(24)2)34-33(35-32(29)37-14-6-7-15-37)38-18-16-36(17-19-38)31(39)22-26-10-12-28(13-11-26)40-23-27-8-4-3-5-9-27/h3-5,8-13,20-21H,6-7,14-19,22-23H2,1-2H3. The number of nitrogens with zero attached hydrogens (tertiary/aromatic N) is 5. The lowest BCUT2D eigenvalue weighted by Gasteiger charge is -2.35. The number of hydrogen-bond donors (Lipinski definition) is 0. The van der Waals surface area contributed by atoms with Crippen LogP contribution in [0.25, 0.3) is 10.9 Å². The van der Waals surface area contributed by atoms with Crippen molar-refractivity contribution in [2.75, 3.05) is 49.1 Å². The third kappa shape index (κ3) is 5.74. The van der Waals surface area contributed by atoms with E-state index in [-0.39, 0.29) is 5.91 Å². The molecule has 2 saturated heterocycles. The number of aromatic nitrogens is 2. The number of carbonyl (C=O) groups is 1. The first-order valence-electron chi connectivity index (χ1n) is 14.4. The molecule has 0 atom stereocenters. The molecule has 1 amide bonds. The van der Waals surface area contributed by atoms with Crippen molar-refractivity contribution in [2.24, 2.45) is 0 Å². The van der Waals surface area contributed by atoms with Crippen molar-refractivity contribution in [2.45, 2.75) is 39.7 Å². The predicted octanol–water partition coefficient (Wildman–Crippen LogP) is 5.32. The van der Waals surface area contributed by atoms with E-state index in [0.717, 1.165) is 65.7 Å². The Balaban J connectivity index is 1.08. The van der Waals surface area contributed by atoms with Crippen molar-refractivity contribution in [1.82, 2.24) is 14.9 Å². The summed E-state index contributed by atoms with van der Waals surface area (Å²) in [6.07, 6.45) is 2.80. The van der Waals surface area contributed by atoms with Gasteiger partial charge in [0.05, 0.1) is 11.9 Å². The lowest BCUT2D eigenvalue weighted by Crippen LogP contribution is -2.49. The van der Waals surface area contributed by atoms with Gasteiger partial charge in [0.25, 0.3) is 0 Å². The number of amides is 1. The van der Waals surface area contributed by atoms with Crippen molar-refractivity contribution in [3.63, 3.8) is 0 Å². The molecule has 2 aliphatic rings. The van der Waals surface area contributed by atoms with Gasteiger partial charge < -0.3 is 19.4 Å². The summed E-state index contributed by atoms with van der Waals surface area (Å²) < 4.78 is 5.89. The maximum atomic E-state index is 13.1. The maximum Gasteiger partial charge on any atom is 0.228 e. The van der Waals surface area contributed by atoms with Crippen LogP contribution in [0.5, 0.6) is 5.75 Å². The molecule has 2 aliphatic heterocycles. The van der Waals surface area contributed by atoms with E-state index >= 15 is 0 Å². The Hall–Kier alpha value is -4.13. The summed E-state index contributed by atoms with van der Waals surface area (Å²) in [5.41, 5.74) is 5.65. The first kappa shape index (κ1) is 26.1. The average Bonchev–Trinajstić information content (AvgIpc) is 3.53. The Morgan fingerprint density at radius 3 is 2.20 bits per heavy atom. The fourth-order valence-electron chi connectivity index (χ4n) is 5.56. The van der Waals surface area contributed by atoms with E-state index in [1.807, 2.05) is 59.5 Å². The maximum absolute atomic E-state index is 13.1. The quantitative estimate of drug-likeness (QED) is 0.319. The van der Waals surface area contributed by atoms with Crippen molar-refractivity contribution >= 4 is 28.6 Å². The lowest BCUT2D eigenvalue weighted by molar-refractivity contribution is -0.130. The third-order valence-corrected chi connectivity index (χ3v) is 8.13. The molecular weight excluding hydrogens is 498 g/mol. The molecule has 40 heavy (non-hydrogen) atoms. The Morgan fingerprint density at radius 2 is 1.48 bits per heavy atom. The molecule has 206 valence electrons. The highest BCUT2D eigenvalue weighted by Gasteiger charge is 2.25. The zero-order valence-electron chi connectivity index (χ0n) is 23.5. The second-order valence-corrected chi connectivity index (χ2v) is 11.0. The molecule has 3 aromatic carbocycles. The van der Waals surface area contributed by atoms with E-state index in [2.05, 4.69) is 35.8 Å². The van der Waals surface area contributed by atoms with E-state index < -0.39 is 0 Å². The van der Waals surface area contributed by atoms with Gasteiger partial charge >= 0.3 is 0 Å².